The van der Waals surface area contributed by atoms with Crippen LogP contribution in [0.3, 0.4) is 0 Å². The quantitative estimate of drug-likeness (QED) is 0.804. The summed E-state index contributed by atoms with van der Waals surface area (Å²) in [5, 5.41) is 7.65. The number of carbonyl (C=O) groups excluding carboxylic acids is 1. The summed E-state index contributed by atoms with van der Waals surface area (Å²) in [6.45, 7) is 3.10. The van der Waals surface area contributed by atoms with Crippen molar-refractivity contribution in [2.24, 2.45) is 13.0 Å². The molecular formula is C18H22BrClN4O. The molecule has 0 unspecified atom stereocenters. The topological polar surface area (TPSA) is 50.2 Å². The molecule has 1 amide bonds. The zero-order valence-corrected chi connectivity index (χ0v) is 16.5. The minimum Gasteiger partial charge on any atom is -0.338 e. The molecule has 1 aromatic carbocycles. The van der Waals surface area contributed by atoms with Gasteiger partial charge in [-0.2, -0.15) is 5.10 Å². The molecule has 134 valence electrons. The smallest absolute Gasteiger partial charge is 0.227 e. The van der Waals surface area contributed by atoms with Crippen molar-refractivity contribution >= 4 is 34.2 Å². The molecule has 2 atom stereocenters. The van der Waals surface area contributed by atoms with Gasteiger partial charge in [0.05, 0.1) is 12.1 Å². The average molecular weight is 426 g/mol. The highest BCUT2D eigenvalue weighted by Crippen LogP contribution is 2.32. The van der Waals surface area contributed by atoms with Crippen molar-refractivity contribution in [2.45, 2.75) is 18.9 Å². The lowest BCUT2D eigenvalue weighted by Gasteiger charge is -2.32. The minimum atomic E-state index is -0.00163. The number of benzene rings is 1. The van der Waals surface area contributed by atoms with E-state index in [9.17, 15) is 4.79 Å². The van der Waals surface area contributed by atoms with Crippen LogP contribution in [0.5, 0.6) is 0 Å². The normalized spacial score (nSPS) is 22.4. The van der Waals surface area contributed by atoms with E-state index >= 15 is 0 Å². The summed E-state index contributed by atoms with van der Waals surface area (Å²) in [6, 6.07) is 6.29. The first kappa shape index (κ1) is 18.4. The predicted octanol–water partition coefficient (Wildman–Crippen LogP) is 2.49. The monoisotopic (exact) mass is 424 g/mol. The SMILES string of the molecule is Cl.Cn1cc([C@H]2CNC[C@@H]2C(=O)N2CCc3cccc(Br)c3C2)cn1. The molecule has 1 N–H and O–H groups in total. The Morgan fingerprint density at radius 2 is 2.20 bits per heavy atom. The Labute approximate surface area is 162 Å². The Hall–Kier alpha value is -1.37. The predicted molar refractivity (Wildman–Crippen MR) is 103 cm³/mol. The van der Waals surface area contributed by atoms with Crippen molar-refractivity contribution < 1.29 is 4.79 Å². The molecule has 4 rings (SSSR count). The van der Waals surface area contributed by atoms with Gasteiger partial charge in [-0.05, 0) is 29.2 Å². The van der Waals surface area contributed by atoms with Crippen molar-refractivity contribution in [3.05, 3.63) is 51.8 Å². The number of aryl methyl sites for hydroxylation is 1. The second-order valence-corrected chi connectivity index (χ2v) is 7.56. The molecule has 25 heavy (non-hydrogen) atoms. The third-order valence-corrected chi connectivity index (χ3v) is 5.95. The van der Waals surface area contributed by atoms with Crippen LogP contribution < -0.4 is 5.32 Å². The number of nitrogens with zero attached hydrogens (tertiary/aromatic N) is 3. The second-order valence-electron chi connectivity index (χ2n) is 6.71. The van der Waals surface area contributed by atoms with Crippen molar-refractivity contribution in [2.75, 3.05) is 19.6 Å². The summed E-state index contributed by atoms with van der Waals surface area (Å²) >= 11 is 3.63. The summed E-state index contributed by atoms with van der Waals surface area (Å²) in [6.07, 6.45) is 4.85. The molecule has 1 saturated heterocycles. The maximum Gasteiger partial charge on any atom is 0.227 e. The molecule has 3 heterocycles. The fraction of sp³-hybridized carbons (Fsp3) is 0.444. The van der Waals surface area contributed by atoms with Crippen molar-refractivity contribution in [3.63, 3.8) is 0 Å². The average Bonchev–Trinajstić information content (AvgIpc) is 3.23. The van der Waals surface area contributed by atoms with Gasteiger partial charge in [0.2, 0.25) is 5.91 Å². The Balaban J connectivity index is 0.00000182. The molecule has 0 bridgehead atoms. The molecule has 2 aliphatic heterocycles. The van der Waals surface area contributed by atoms with Gasteiger partial charge in [0.1, 0.15) is 0 Å². The van der Waals surface area contributed by atoms with Crippen LogP contribution in [0.4, 0.5) is 0 Å². The number of hydrogen-bond acceptors (Lipinski definition) is 3. The second kappa shape index (κ2) is 7.48. The van der Waals surface area contributed by atoms with Crippen LogP contribution >= 0.6 is 28.3 Å². The fourth-order valence-corrected chi connectivity index (χ4v) is 4.42. The number of nitrogens with one attached hydrogen (secondary N) is 1. The van der Waals surface area contributed by atoms with E-state index in [1.54, 1.807) is 0 Å². The van der Waals surface area contributed by atoms with E-state index < -0.39 is 0 Å². The van der Waals surface area contributed by atoms with Gasteiger partial charge < -0.3 is 10.2 Å². The fourth-order valence-electron chi connectivity index (χ4n) is 3.88. The first-order chi connectivity index (χ1) is 11.6. The summed E-state index contributed by atoms with van der Waals surface area (Å²) in [5.74, 6) is 0.473. The molecule has 1 aromatic heterocycles. The van der Waals surface area contributed by atoms with Crippen molar-refractivity contribution in [3.8, 4) is 0 Å². The highest BCUT2D eigenvalue weighted by atomic mass is 79.9. The van der Waals surface area contributed by atoms with Crippen LogP contribution in [-0.2, 0) is 24.8 Å². The highest BCUT2D eigenvalue weighted by Gasteiger charge is 2.37. The number of hydrogen-bond donors (Lipinski definition) is 1. The van der Waals surface area contributed by atoms with Crippen LogP contribution in [0, 0.1) is 5.92 Å². The Morgan fingerprint density at radius 1 is 1.36 bits per heavy atom. The van der Waals surface area contributed by atoms with E-state index in [0.29, 0.717) is 6.54 Å². The number of fused-ring (bicyclic) bond motifs is 1. The van der Waals surface area contributed by atoms with E-state index in [1.807, 2.05) is 29.0 Å². The Morgan fingerprint density at radius 3 is 2.96 bits per heavy atom. The van der Waals surface area contributed by atoms with E-state index in [4.69, 9.17) is 0 Å². The van der Waals surface area contributed by atoms with Gasteiger partial charge in [-0.25, -0.2) is 0 Å². The first-order valence-electron chi connectivity index (χ1n) is 8.38. The molecule has 0 aliphatic carbocycles. The summed E-state index contributed by atoms with van der Waals surface area (Å²) < 4.78 is 2.91. The van der Waals surface area contributed by atoms with Gasteiger partial charge >= 0.3 is 0 Å². The number of halogens is 2. The van der Waals surface area contributed by atoms with Crippen molar-refractivity contribution in [1.29, 1.82) is 0 Å². The molecule has 2 aliphatic rings. The number of carbonyl (C=O) groups is 1. The van der Waals surface area contributed by atoms with Gasteiger partial charge in [0, 0.05) is 49.8 Å². The summed E-state index contributed by atoms with van der Waals surface area (Å²) in [5.41, 5.74) is 3.75. The van der Waals surface area contributed by atoms with Crippen LogP contribution in [0.2, 0.25) is 0 Å². The van der Waals surface area contributed by atoms with Gasteiger partial charge in [-0.1, -0.05) is 28.1 Å². The largest absolute Gasteiger partial charge is 0.338 e. The number of amides is 1. The first-order valence-corrected chi connectivity index (χ1v) is 9.17. The van der Waals surface area contributed by atoms with Gasteiger partial charge in [-0.15, -0.1) is 12.4 Å². The molecule has 5 nitrogen and oxygen atoms in total. The molecular weight excluding hydrogens is 404 g/mol. The molecule has 1 fully saturated rings. The van der Waals surface area contributed by atoms with Gasteiger partial charge in [0.15, 0.2) is 0 Å². The molecule has 0 radical (unpaired) electrons. The van der Waals surface area contributed by atoms with Crippen LogP contribution in [0.15, 0.2) is 35.1 Å². The van der Waals surface area contributed by atoms with E-state index in [-0.39, 0.29) is 30.2 Å². The van der Waals surface area contributed by atoms with E-state index in [1.165, 1.54) is 11.1 Å². The molecule has 2 aromatic rings. The van der Waals surface area contributed by atoms with Crippen molar-refractivity contribution in [1.82, 2.24) is 20.0 Å². The Bertz CT molecular complexity index is 778. The van der Waals surface area contributed by atoms with Crippen LogP contribution in [0.25, 0.3) is 0 Å². The molecule has 7 heteroatoms. The number of aromatic nitrogens is 2. The lowest BCUT2D eigenvalue weighted by atomic mass is 9.89. The summed E-state index contributed by atoms with van der Waals surface area (Å²) in [7, 11) is 1.92. The zero-order chi connectivity index (χ0) is 16.7. The molecule has 0 saturated carbocycles. The summed E-state index contributed by atoms with van der Waals surface area (Å²) in [4.78, 5) is 15.2. The third-order valence-electron chi connectivity index (χ3n) is 5.21. The number of rotatable bonds is 2. The third kappa shape index (κ3) is 3.48. The highest BCUT2D eigenvalue weighted by molar-refractivity contribution is 9.10. The maximum atomic E-state index is 13.2. The maximum absolute atomic E-state index is 13.2. The van der Waals surface area contributed by atoms with Crippen LogP contribution in [-0.4, -0.2) is 40.2 Å². The zero-order valence-electron chi connectivity index (χ0n) is 14.1. The van der Waals surface area contributed by atoms with E-state index in [2.05, 4.69) is 44.5 Å². The molecule has 0 spiro atoms. The van der Waals surface area contributed by atoms with Crippen LogP contribution in [0.1, 0.15) is 22.6 Å². The van der Waals surface area contributed by atoms with E-state index in [0.717, 1.165) is 36.1 Å². The standard InChI is InChI=1S/C18H21BrN4O.ClH/c1-22-10-13(7-21-22)14-8-20-9-15(14)18(24)23-6-5-12-3-2-4-17(19)16(12)11-23;/h2-4,7,10,14-15,20H,5-6,8-9,11H2,1H3;1H/t14-,15+;/m1./s1. The van der Waals surface area contributed by atoms with Gasteiger partial charge in [-0.3, -0.25) is 9.48 Å². The lowest BCUT2D eigenvalue weighted by Crippen LogP contribution is -2.41. The Kier molecular flexibility index (Phi) is 5.51. The van der Waals surface area contributed by atoms with Gasteiger partial charge in [0.25, 0.3) is 0 Å². The lowest BCUT2D eigenvalue weighted by molar-refractivity contribution is -0.136. The minimum absolute atomic E-state index is 0.